The minimum Gasteiger partial charge on any atom is -0.313 e. The number of fused-ring (bicyclic) bond motifs is 1. The van der Waals surface area contributed by atoms with Gasteiger partial charge in [0.15, 0.2) is 0 Å². The molecule has 90 valence electrons. The summed E-state index contributed by atoms with van der Waals surface area (Å²) < 4.78 is 3.95. The molecule has 0 aliphatic heterocycles. The molecule has 0 fully saturated rings. The van der Waals surface area contributed by atoms with E-state index in [4.69, 9.17) is 5.41 Å². The van der Waals surface area contributed by atoms with Gasteiger partial charge in [0.05, 0.1) is 17.6 Å². The minimum absolute atomic E-state index is 0.528. The molecule has 0 unspecified atom stereocenters. The molecule has 3 rings (SSSR count). The van der Waals surface area contributed by atoms with Crippen molar-refractivity contribution in [2.75, 3.05) is 0 Å². The van der Waals surface area contributed by atoms with Gasteiger partial charge in [0, 0.05) is 7.05 Å². The van der Waals surface area contributed by atoms with Crippen LogP contribution in [0, 0.1) is 5.41 Å². The highest BCUT2D eigenvalue weighted by Gasteiger charge is 2.07. The smallest absolute Gasteiger partial charge is 0.203 e. The third-order valence-corrected chi connectivity index (χ3v) is 3.29. The SMILES string of the molecule is Cn1c(=N)n(Cc2ccccc2)c2ccccc21. The van der Waals surface area contributed by atoms with E-state index in [2.05, 4.69) is 24.3 Å². The number of nitrogens with one attached hydrogen (secondary N) is 1. The normalized spacial score (nSPS) is 10.9. The van der Waals surface area contributed by atoms with Gasteiger partial charge in [-0.05, 0) is 17.7 Å². The lowest BCUT2D eigenvalue weighted by molar-refractivity contribution is 0.695. The van der Waals surface area contributed by atoms with Crippen LogP contribution in [0.1, 0.15) is 5.56 Å². The molecule has 1 N–H and O–H groups in total. The third-order valence-electron chi connectivity index (χ3n) is 3.29. The third kappa shape index (κ3) is 1.64. The van der Waals surface area contributed by atoms with E-state index in [1.165, 1.54) is 5.56 Å². The van der Waals surface area contributed by atoms with E-state index in [0.717, 1.165) is 17.6 Å². The van der Waals surface area contributed by atoms with Crippen LogP contribution < -0.4 is 5.62 Å². The van der Waals surface area contributed by atoms with Gasteiger partial charge in [-0.25, -0.2) is 0 Å². The molecule has 0 saturated heterocycles. The van der Waals surface area contributed by atoms with Gasteiger partial charge in [0.25, 0.3) is 0 Å². The van der Waals surface area contributed by atoms with Gasteiger partial charge < -0.3 is 9.13 Å². The highest BCUT2D eigenvalue weighted by atomic mass is 15.2. The number of hydrogen-bond donors (Lipinski definition) is 1. The summed E-state index contributed by atoms with van der Waals surface area (Å²) in [6.45, 7) is 0.737. The topological polar surface area (TPSA) is 33.7 Å². The zero-order valence-electron chi connectivity index (χ0n) is 10.3. The van der Waals surface area contributed by atoms with E-state index in [1.54, 1.807) is 0 Å². The molecule has 0 aliphatic rings. The molecule has 0 atom stereocenters. The summed E-state index contributed by atoms with van der Waals surface area (Å²) in [6.07, 6.45) is 0. The quantitative estimate of drug-likeness (QED) is 0.710. The lowest BCUT2D eigenvalue weighted by Crippen LogP contribution is -2.22. The average Bonchev–Trinajstić information content (AvgIpc) is 2.66. The van der Waals surface area contributed by atoms with Crippen molar-refractivity contribution in [3.05, 3.63) is 65.8 Å². The fraction of sp³-hybridized carbons (Fsp3) is 0.133. The average molecular weight is 237 g/mol. The highest BCUT2D eigenvalue weighted by Crippen LogP contribution is 2.13. The van der Waals surface area contributed by atoms with Crippen molar-refractivity contribution in [3.8, 4) is 0 Å². The Bertz CT molecular complexity index is 735. The standard InChI is InChI=1S/C15H15N3/c1-17-13-9-5-6-10-14(13)18(15(17)16)11-12-7-3-2-4-8-12/h2-10,16H,11H2,1H3. The van der Waals surface area contributed by atoms with E-state index < -0.39 is 0 Å². The molecule has 1 aromatic heterocycles. The molecule has 3 aromatic rings. The van der Waals surface area contributed by atoms with Gasteiger partial charge in [-0.2, -0.15) is 0 Å². The summed E-state index contributed by atoms with van der Waals surface area (Å²) in [5.41, 5.74) is 3.94. The number of para-hydroxylation sites is 2. The van der Waals surface area contributed by atoms with Gasteiger partial charge in [-0.15, -0.1) is 0 Å². The van der Waals surface area contributed by atoms with Gasteiger partial charge in [0.1, 0.15) is 0 Å². The van der Waals surface area contributed by atoms with Crippen LogP contribution in [0.3, 0.4) is 0 Å². The Hall–Kier alpha value is -2.29. The first kappa shape index (κ1) is 10.8. The summed E-state index contributed by atoms with van der Waals surface area (Å²) in [7, 11) is 1.94. The maximum atomic E-state index is 8.20. The molecule has 18 heavy (non-hydrogen) atoms. The number of aryl methyl sites for hydroxylation is 1. The number of aromatic nitrogens is 2. The van der Waals surface area contributed by atoms with Crippen LogP contribution in [0.4, 0.5) is 0 Å². The molecule has 3 heteroatoms. The summed E-state index contributed by atoms with van der Waals surface area (Å²) in [5, 5.41) is 8.20. The summed E-state index contributed by atoms with van der Waals surface area (Å²) >= 11 is 0. The molecule has 0 amide bonds. The fourth-order valence-corrected chi connectivity index (χ4v) is 2.31. The Morgan fingerprint density at radius 1 is 0.889 bits per heavy atom. The maximum absolute atomic E-state index is 8.20. The first-order valence-corrected chi connectivity index (χ1v) is 6.00. The summed E-state index contributed by atoms with van der Waals surface area (Å²) in [5.74, 6) is 0. The summed E-state index contributed by atoms with van der Waals surface area (Å²) in [6, 6.07) is 18.4. The Kier molecular flexibility index (Phi) is 2.52. The molecular formula is C15H15N3. The van der Waals surface area contributed by atoms with Crippen LogP contribution in [0.5, 0.6) is 0 Å². The fourth-order valence-electron chi connectivity index (χ4n) is 2.31. The second-order valence-corrected chi connectivity index (χ2v) is 4.44. The molecule has 2 aromatic carbocycles. The number of imidazole rings is 1. The van der Waals surface area contributed by atoms with Gasteiger partial charge >= 0.3 is 0 Å². The van der Waals surface area contributed by atoms with Gasteiger partial charge in [-0.3, -0.25) is 5.41 Å². The van der Waals surface area contributed by atoms with Gasteiger partial charge in [-0.1, -0.05) is 42.5 Å². The van der Waals surface area contributed by atoms with Crippen molar-refractivity contribution in [1.82, 2.24) is 9.13 Å². The highest BCUT2D eigenvalue weighted by molar-refractivity contribution is 5.75. The van der Waals surface area contributed by atoms with Crippen molar-refractivity contribution < 1.29 is 0 Å². The molecule has 0 aliphatic carbocycles. The van der Waals surface area contributed by atoms with E-state index in [0.29, 0.717) is 5.62 Å². The van der Waals surface area contributed by atoms with Crippen LogP contribution in [-0.2, 0) is 13.6 Å². The van der Waals surface area contributed by atoms with Crippen molar-refractivity contribution in [2.24, 2.45) is 7.05 Å². The second-order valence-electron chi connectivity index (χ2n) is 4.44. The van der Waals surface area contributed by atoms with Crippen molar-refractivity contribution in [1.29, 1.82) is 5.41 Å². The summed E-state index contributed by atoms with van der Waals surface area (Å²) in [4.78, 5) is 0. The number of hydrogen-bond acceptors (Lipinski definition) is 1. The Morgan fingerprint density at radius 3 is 2.22 bits per heavy atom. The molecular weight excluding hydrogens is 222 g/mol. The van der Waals surface area contributed by atoms with Crippen LogP contribution in [0.15, 0.2) is 54.6 Å². The van der Waals surface area contributed by atoms with Crippen LogP contribution in [-0.4, -0.2) is 9.13 Å². The molecule has 0 radical (unpaired) electrons. The first-order valence-electron chi connectivity index (χ1n) is 6.00. The Morgan fingerprint density at radius 2 is 1.50 bits per heavy atom. The number of nitrogens with zero attached hydrogens (tertiary/aromatic N) is 2. The Balaban J connectivity index is 2.18. The van der Waals surface area contributed by atoms with E-state index in [9.17, 15) is 0 Å². The minimum atomic E-state index is 0.528. The van der Waals surface area contributed by atoms with Crippen LogP contribution in [0.2, 0.25) is 0 Å². The lowest BCUT2D eigenvalue weighted by Gasteiger charge is -2.04. The molecule has 0 saturated carbocycles. The number of rotatable bonds is 2. The van der Waals surface area contributed by atoms with Gasteiger partial charge in [0.2, 0.25) is 5.62 Å². The first-order chi connectivity index (χ1) is 8.77. The zero-order chi connectivity index (χ0) is 12.5. The molecule has 1 heterocycles. The predicted molar refractivity (Wildman–Crippen MR) is 72.3 cm³/mol. The maximum Gasteiger partial charge on any atom is 0.203 e. The van der Waals surface area contributed by atoms with E-state index >= 15 is 0 Å². The molecule has 3 nitrogen and oxygen atoms in total. The van der Waals surface area contributed by atoms with E-state index in [1.807, 2.05) is 46.5 Å². The number of benzene rings is 2. The van der Waals surface area contributed by atoms with Crippen LogP contribution in [0.25, 0.3) is 11.0 Å². The molecule has 0 spiro atoms. The largest absolute Gasteiger partial charge is 0.313 e. The van der Waals surface area contributed by atoms with Crippen molar-refractivity contribution in [3.63, 3.8) is 0 Å². The molecule has 0 bridgehead atoms. The lowest BCUT2D eigenvalue weighted by atomic mass is 10.2. The monoisotopic (exact) mass is 237 g/mol. The Labute approximate surface area is 105 Å². The van der Waals surface area contributed by atoms with E-state index in [-0.39, 0.29) is 0 Å². The second kappa shape index (κ2) is 4.18. The van der Waals surface area contributed by atoms with Crippen molar-refractivity contribution >= 4 is 11.0 Å². The van der Waals surface area contributed by atoms with Crippen molar-refractivity contribution in [2.45, 2.75) is 6.54 Å². The zero-order valence-corrected chi connectivity index (χ0v) is 10.3. The predicted octanol–water partition coefficient (Wildman–Crippen LogP) is 2.51. The van der Waals surface area contributed by atoms with Crippen LogP contribution >= 0.6 is 0 Å².